The monoisotopic (exact) mass is 356 g/mol. The number of carbonyl (C=O) groups excluding carboxylic acids is 2. The van der Waals surface area contributed by atoms with Gasteiger partial charge in [-0.2, -0.15) is 0 Å². The second-order valence-electron chi connectivity index (χ2n) is 6.06. The average Bonchev–Trinajstić information content (AvgIpc) is 2.62. The summed E-state index contributed by atoms with van der Waals surface area (Å²) in [5, 5.41) is 2.90. The number of Topliss-reactive ketones (excluding diaryl/α,β-unsaturated/α-hetero) is 1. The van der Waals surface area contributed by atoms with Crippen LogP contribution >= 0.6 is 11.8 Å². The van der Waals surface area contributed by atoms with E-state index < -0.39 is 0 Å². The van der Waals surface area contributed by atoms with Gasteiger partial charge in [0.1, 0.15) is 0 Å². The minimum atomic E-state index is -0.271. The van der Waals surface area contributed by atoms with Gasteiger partial charge in [-0.25, -0.2) is 0 Å². The van der Waals surface area contributed by atoms with E-state index in [1.807, 2.05) is 18.9 Å². The number of benzene rings is 2. The van der Waals surface area contributed by atoms with Crippen LogP contribution in [0.25, 0.3) is 0 Å². The Bertz CT molecular complexity index is 726. The summed E-state index contributed by atoms with van der Waals surface area (Å²) in [4.78, 5) is 27.0. The molecule has 0 spiro atoms. The van der Waals surface area contributed by atoms with Gasteiger partial charge in [0.05, 0.1) is 6.04 Å². The number of thioether (sulfide) groups is 1. The van der Waals surface area contributed by atoms with Crippen molar-refractivity contribution in [3.8, 4) is 0 Å². The lowest BCUT2D eigenvalue weighted by molar-refractivity contribution is -0.120. The molecule has 25 heavy (non-hydrogen) atoms. The molecule has 1 amide bonds. The Kier molecular flexibility index (Phi) is 6.79. The molecule has 0 radical (unpaired) electrons. The van der Waals surface area contributed by atoms with Crippen LogP contribution in [-0.2, 0) is 11.3 Å². The molecule has 0 saturated carbocycles. The summed E-state index contributed by atoms with van der Waals surface area (Å²) in [6.07, 6.45) is 2.05. The fourth-order valence-corrected chi connectivity index (χ4v) is 2.80. The van der Waals surface area contributed by atoms with E-state index in [-0.39, 0.29) is 17.7 Å². The highest BCUT2D eigenvalue weighted by atomic mass is 32.2. The fraction of sp³-hybridized carbons (Fsp3) is 0.300. The van der Waals surface area contributed by atoms with Crippen molar-refractivity contribution in [1.29, 1.82) is 0 Å². The third-order valence-electron chi connectivity index (χ3n) is 4.19. The molecule has 5 heteroatoms. The first-order chi connectivity index (χ1) is 11.9. The largest absolute Gasteiger partial charge is 0.325 e. The summed E-state index contributed by atoms with van der Waals surface area (Å²) >= 11 is 1.71. The first-order valence-corrected chi connectivity index (χ1v) is 9.38. The van der Waals surface area contributed by atoms with E-state index in [9.17, 15) is 9.59 Å². The normalized spacial score (nSPS) is 12.0. The molecule has 4 nitrogen and oxygen atoms in total. The molecule has 132 valence electrons. The number of hydrogen-bond donors (Lipinski definition) is 1. The summed E-state index contributed by atoms with van der Waals surface area (Å²) < 4.78 is 0. The third-order valence-corrected chi connectivity index (χ3v) is 4.93. The molecule has 0 heterocycles. The standard InChI is InChI=1S/C20H24N2O2S/c1-14(22(3)13-16-5-11-19(25-4)12-6-16)20(24)21-18-9-7-17(8-10-18)15(2)23/h5-12,14H,13H2,1-4H3,(H,21,24)/t14-/m1/s1. The van der Waals surface area contributed by atoms with E-state index in [1.54, 1.807) is 36.0 Å². The van der Waals surface area contributed by atoms with Gasteiger partial charge in [0.15, 0.2) is 5.78 Å². The highest BCUT2D eigenvalue weighted by molar-refractivity contribution is 7.98. The smallest absolute Gasteiger partial charge is 0.241 e. The lowest BCUT2D eigenvalue weighted by Crippen LogP contribution is -2.39. The first kappa shape index (κ1) is 19.2. The second kappa shape index (κ2) is 8.83. The van der Waals surface area contributed by atoms with E-state index in [1.165, 1.54) is 17.4 Å². The number of anilines is 1. The fourth-order valence-electron chi connectivity index (χ4n) is 2.39. The van der Waals surface area contributed by atoms with Crippen LogP contribution in [0.15, 0.2) is 53.4 Å². The van der Waals surface area contributed by atoms with Crippen molar-refractivity contribution in [3.05, 3.63) is 59.7 Å². The van der Waals surface area contributed by atoms with Gasteiger partial charge < -0.3 is 5.32 Å². The van der Waals surface area contributed by atoms with Crippen LogP contribution in [0.2, 0.25) is 0 Å². The van der Waals surface area contributed by atoms with Crippen molar-refractivity contribution in [2.45, 2.75) is 31.3 Å². The molecule has 2 aromatic rings. The van der Waals surface area contributed by atoms with Crippen LogP contribution in [0.1, 0.15) is 29.8 Å². The van der Waals surface area contributed by atoms with Crippen molar-refractivity contribution < 1.29 is 9.59 Å². The lowest BCUT2D eigenvalue weighted by atomic mass is 10.1. The molecule has 2 aromatic carbocycles. The third kappa shape index (κ3) is 5.44. The Hall–Kier alpha value is -2.11. The van der Waals surface area contributed by atoms with Crippen molar-refractivity contribution in [2.24, 2.45) is 0 Å². The maximum atomic E-state index is 12.4. The van der Waals surface area contributed by atoms with Gasteiger partial charge in [0.25, 0.3) is 0 Å². The summed E-state index contributed by atoms with van der Waals surface area (Å²) in [6, 6.07) is 15.0. The van der Waals surface area contributed by atoms with E-state index in [0.29, 0.717) is 17.8 Å². The van der Waals surface area contributed by atoms with E-state index >= 15 is 0 Å². The molecular weight excluding hydrogens is 332 g/mol. The molecule has 0 saturated heterocycles. The van der Waals surface area contributed by atoms with E-state index in [4.69, 9.17) is 0 Å². The number of ketones is 1. The van der Waals surface area contributed by atoms with Gasteiger partial charge in [0, 0.05) is 22.7 Å². The maximum absolute atomic E-state index is 12.4. The molecule has 1 N–H and O–H groups in total. The van der Waals surface area contributed by atoms with Crippen LogP contribution in [0.5, 0.6) is 0 Å². The molecule has 0 unspecified atom stereocenters. The number of amides is 1. The van der Waals surface area contributed by atoms with Crippen molar-refractivity contribution in [3.63, 3.8) is 0 Å². The summed E-state index contributed by atoms with van der Waals surface area (Å²) in [7, 11) is 1.94. The molecule has 0 fully saturated rings. The number of rotatable bonds is 7. The molecule has 0 aliphatic heterocycles. The van der Waals surface area contributed by atoms with Crippen LogP contribution in [0.3, 0.4) is 0 Å². The quantitative estimate of drug-likeness (QED) is 0.600. The van der Waals surface area contributed by atoms with E-state index in [2.05, 4.69) is 35.8 Å². The molecule has 0 bridgehead atoms. The predicted molar refractivity (Wildman–Crippen MR) is 104 cm³/mol. The first-order valence-electron chi connectivity index (χ1n) is 8.15. The SMILES string of the molecule is CSc1ccc(CN(C)[C@H](C)C(=O)Nc2ccc(C(C)=O)cc2)cc1. The Morgan fingerprint density at radius 3 is 2.20 bits per heavy atom. The highest BCUT2D eigenvalue weighted by Gasteiger charge is 2.18. The second-order valence-corrected chi connectivity index (χ2v) is 6.94. The van der Waals surface area contributed by atoms with Crippen LogP contribution in [0, 0.1) is 0 Å². The number of hydrogen-bond acceptors (Lipinski definition) is 4. The minimum Gasteiger partial charge on any atom is -0.325 e. The number of nitrogens with one attached hydrogen (secondary N) is 1. The summed E-state index contributed by atoms with van der Waals surface area (Å²) in [5.41, 5.74) is 2.50. The molecule has 2 rings (SSSR count). The Morgan fingerprint density at radius 2 is 1.68 bits per heavy atom. The van der Waals surface area contributed by atoms with Gasteiger partial charge in [-0.15, -0.1) is 11.8 Å². The highest BCUT2D eigenvalue weighted by Crippen LogP contribution is 2.17. The molecular formula is C20H24N2O2S. The van der Waals surface area contributed by atoms with Crippen LogP contribution < -0.4 is 5.32 Å². The van der Waals surface area contributed by atoms with Crippen molar-refractivity contribution >= 4 is 29.1 Å². The number of nitrogens with zero attached hydrogens (tertiary/aromatic N) is 1. The van der Waals surface area contributed by atoms with Gasteiger partial charge in [-0.05, 0) is 69.1 Å². The van der Waals surface area contributed by atoms with Gasteiger partial charge in [0.2, 0.25) is 5.91 Å². The Balaban J connectivity index is 1.94. The summed E-state index contributed by atoms with van der Waals surface area (Å²) in [5.74, 6) is -0.0581. The average molecular weight is 356 g/mol. The van der Waals surface area contributed by atoms with Gasteiger partial charge in [-0.3, -0.25) is 14.5 Å². The lowest BCUT2D eigenvalue weighted by Gasteiger charge is -2.24. The molecule has 0 aliphatic carbocycles. The Morgan fingerprint density at radius 1 is 1.08 bits per heavy atom. The van der Waals surface area contributed by atoms with Gasteiger partial charge >= 0.3 is 0 Å². The summed E-state index contributed by atoms with van der Waals surface area (Å²) in [6.45, 7) is 4.11. The molecule has 0 aromatic heterocycles. The maximum Gasteiger partial charge on any atom is 0.241 e. The topological polar surface area (TPSA) is 49.4 Å². The van der Waals surface area contributed by atoms with Gasteiger partial charge in [-0.1, -0.05) is 12.1 Å². The van der Waals surface area contributed by atoms with Crippen molar-refractivity contribution in [2.75, 3.05) is 18.6 Å². The zero-order valence-corrected chi connectivity index (χ0v) is 15.9. The zero-order valence-electron chi connectivity index (χ0n) is 15.1. The number of likely N-dealkylation sites (N-methyl/N-ethyl adjacent to an activating group) is 1. The number of carbonyl (C=O) groups is 2. The minimum absolute atomic E-state index is 0.0125. The van der Waals surface area contributed by atoms with Crippen molar-refractivity contribution in [1.82, 2.24) is 4.90 Å². The molecule has 1 atom stereocenters. The van der Waals surface area contributed by atoms with E-state index in [0.717, 1.165) is 0 Å². The molecule has 0 aliphatic rings. The van der Waals surface area contributed by atoms with Crippen LogP contribution in [0.4, 0.5) is 5.69 Å². The Labute approximate surface area is 153 Å². The predicted octanol–water partition coefficient (Wildman–Crippen LogP) is 4.07. The zero-order chi connectivity index (χ0) is 18.4. The van der Waals surface area contributed by atoms with Crippen LogP contribution in [-0.4, -0.2) is 35.9 Å².